The number of nitrogen functional groups attached to an aromatic ring is 1. The Morgan fingerprint density at radius 3 is 2.80 bits per heavy atom. The second kappa shape index (κ2) is 5.24. The van der Waals surface area contributed by atoms with Crippen molar-refractivity contribution >= 4 is 11.7 Å². The number of ether oxygens (including phenoxy) is 2. The van der Waals surface area contributed by atoms with Crippen LogP contribution in [-0.2, 0) is 9.53 Å². The first-order valence-corrected chi connectivity index (χ1v) is 4.78. The summed E-state index contributed by atoms with van der Waals surface area (Å²) < 4.78 is 9.96. The molecule has 0 heterocycles. The maximum absolute atomic E-state index is 11.0. The first-order valence-electron chi connectivity index (χ1n) is 4.78. The zero-order chi connectivity index (χ0) is 11.3. The third-order valence-corrected chi connectivity index (χ3v) is 1.90. The molecule has 0 bridgehead atoms. The number of hydrogen-bond donors (Lipinski definition) is 1. The minimum atomic E-state index is -0.369. The number of benzene rings is 1. The summed E-state index contributed by atoms with van der Waals surface area (Å²) >= 11 is 0. The van der Waals surface area contributed by atoms with Crippen LogP contribution in [0.5, 0.6) is 5.75 Å². The van der Waals surface area contributed by atoms with Crippen LogP contribution in [0.15, 0.2) is 18.2 Å². The molecule has 4 nitrogen and oxygen atoms in total. The highest BCUT2D eigenvalue weighted by atomic mass is 16.6. The quantitative estimate of drug-likeness (QED) is 0.603. The zero-order valence-corrected chi connectivity index (χ0v) is 8.95. The molecule has 0 spiro atoms. The molecule has 0 unspecified atom stereocenters. The Morgan fingerprint density at radius 2 is 2.20 bits per heavy atom. The van der Waals surface area contributed by atoms with E-state index in [0.717, 1.165) is 5.56 Å². The Labute approximate surface area is 89.0 Å². The average Bonchev–Trinajstić information content (AvgIpc) is 2.20. The Bertz CT molecular complexity index is 350. The van der Waals surface area contributed by atoms with E-state index in [1.165, 1.54) is 0 Å². The van der Waals surface area contributed by atoms with Gasteiger partial charge < -0.3 is 15.2 Å². The lowest BCUT2D eigenvalue weighted by Gasteiger charge is -2.07. The third-order valence-electron chi connectivity index (χ3n) is 1.90. The molecule has 0 saturated carbocycles. The van der Waals surface area contributed by atoms with Gasteiger partial charge in [-0.1, -0.05) is 0 Å². The molecule has 1 aromatic carbocycles. The van der Waals surface area contributed by atoms with E-state index < -0.39 is 0 Å². The molecule has 0 aliphatic rings. The Hall–Kier alpha value is -1.71. The number of hydrogen-bond acceptors (Lipinski definition) is 4. The van der Waals surface area contributed by atoms with Crippen LogP contribution in [0.2, 0.25) is 0 Å². The molecular weight excluding hydrogens is 194 g/mol. The first-order chi connectivity index (χ1) is 7.13. The summed E-state index contributed by atoms with van der Waals surface area (Å²) in [7, 11) is 0. The van der Waals surface area contributed by atoms with E-state index in [4.69, 9.17) is 15.2 Å². The summed E-state index contributed by atoms with van der Waals surface area (Å²) in [6.07, 6.45) is 0. The van der Waals surface area contributed by atoms with Crippen molar-refractivity contribution < 1.29 is 14.3 Å². The minimum Gasteiger partial charge on any atom is -0.482 e. The van der Waals surface area contributed by atoms with Gasteiger partial charge in [0.25, 0.3) is 0 Å². The van der Waals surface area contributed by atoms with Gasteiger partial charge in [0.2, 0.25) is 0 Å². The molecule has 0 aromatic heterocycles. The molecule has 0 aliphatic heterocycles. The molecule has 1 aromatic rings. The Kier molecular flexibility index (Phi) is 3.97. The third kappa shape index (κ3) is 3.50. The van der Waals surface area contributed by atoms with Crippen LogP contribution >= 0.6 is 0 Å². The van der Waals surface area contributed by atoms with Crippen molar-refractivity contribution in [1.29, 1.82) is 0 Å². The fourth-order valence-electron chi connectivity index (χ4n) is 1.08. The molecule has 82 valence electrons. The van der Waals surface area contributed by atoms with Crippen molar-refractivity contribution in [2.75, 3.05) is 18.9 Å². The molecule has 0 fully saturated rings. The second-order valence-electron chi connectivity index (χ2n) is 3.11. The standard InChI is InChI=1S/C11H15NO3/c1-3-14-11(13)7-15-9-4-5-10(12)8(2)6-9/h4-6H,3,7,12H2,1-2H3. The van der Waals surface area contributed by atoms with E-state index >= 15 is 0 Å². The zero-order valence-electron chi connectivity index (χ0n) is 8.95. The molecule has 15 heavy (non-hydrogen) atoms. The number of nitrogens with two attached hydrogens (primary N) is 1. The van der Waals surface area contributed by atoms with E-state index in [-0.39, 0.29) is 12.6 Å². The number of anilines is 1. The number of aryl methyl sites for hydroxylation is 1. The second-order valence-corrected chi connectivity index (χ2v) is 3.11. The van der Waals surface area contributed by atoms with Gasteiger partial charge in [0, 0.05) is 5.69 Å². The van der Waals surface area contributed by atoms with Gasteiger partial charge in [0.1, 0.15) is 5.75 Å². The van der Waals surface area contributed by atoms with Gasteiger partial charge in [-0.15, -0.1) is 0 Å². The average molecular weight is 209 g/mol. The highest BCUT2D eigenvalue weighted by molar-refractivity contribution is 5.71. The van der Waals surface area contributed by atoms with Crippen molar-refractivity contribution in [1.82, 2.24) is 0 Å². The van der Waals surface area contributed by atoms with Gasteiger partial charge in [-0.25, -0.2) is 4.79 Å². The Balaban J connectivity index is 2.51. The summed E-state index contributed by atoms with van der Waals surface area (Å²) in [4.78, 5) is 11.0. The number of rotatable bonds is 4. The van der Waals surface area contributed by atoms with E-state index in [0.29, 0.717) is 18.0 Å². The van der Waals surface area contributed by atoms with Gasteiger partial charge in [0.05, 0.1) is 6.61 Å². The summed E-state index contributed by atoms with van der Waals surface area (Å²) in [5, 5.41) is 0. The van der Waals surface area contributed by atoms with E-state index in [2.05, 4.69) is 0 Å². The van der Waals surface area contributed by atoms with Crippen LogP contribution in [0.4, 0.5) is 5.69 Å². The van der Waals surface area contributed by atoms with Gasteiger partial charge in [0.15, 0.2) is 6.61 Å². The molecule has 4 heteroatoms. The van der Waals surface area contributed by atoms with Crippen molar-refractivity contribution in [2.45, 2.75) is 13.8 Å². The van der Waals surface area contributed by atoms with E-state index in [1.807, 2.05) is 6.92 Å². The highest BCUT2D eigenvalue weighted by Gasteiger charge is 2.03. The van der Waals surface area contributed by atoms with Gasteiger partial charge in [-0.3, -0.25) is 0 Å². The predicted octanol–water partition coefficient (Wildman–Crippen LogP) is 1.52. The molecule has 0 atom stereocenters. The number of carbonyl (C=O) groups excluding carboxylic acids is 1. The molecule has 0 aliphatic carbocycles. The van der Waals surface area contributed by atoms with E-state index in [1.54, 1.807) is 25.1 Å². The lowest BCUT2D eigenvalue weighted by Crippen LogP contribution is -2.14. The van der Waals surface area contributed by atoms with Crippen LogP contribution in [0.3, 0.4) is 0 Å². The Morgan fingerprint density at radius 1 is 1.47 bits per heavy atom. The molecule has 2 N–H and O–H groups in total. The minimum absolute atomic E-state index is 0.0722. The fourth-order valence-corrected chi connectivity index (χ4v) is 1.08. The van der Waals surface area contributed by atoms with Crippen molar-refractivity contribution in [3.8, 4) is 5.75 Å². The summed E-state index contributed by atoms with van der Waals surface area (Å²) in [5.41, 5.74) is 7.28. The largest absolute Gasteiger partial charge is 0.482 e. The number of esters is 1. The van der Waals surface area contributed by atoms with Crippen LogP contribution < -0.4 is 10.5 Å². The summed E-state index contributed by atoms with van der Waals surface area (Å²) in [6.45, 7) is 3.93. The summed E-state index contributed by atoms with van der Waals surface area (Å²) in [5.74, 6) is 0.252. The van der Waals surface area contributed by atoms with Gasteiger partial charge >= 0.3 is 5.97 Å². The van der Waals surface area contributed by atoms with Crippen molar-refractivity contribution in [3.05, 3.63) is 23.8 Å². The SMILES string of the molecule is CCOC(=O)COc1ccc(N)c(C)c1. The maximum atomic E-state index is 11.0. The molecule has 0 saturated heterocycles. The van der Waals surface area contributed by atoms with Crippen LogP contribution in [0, 0.1) is 6.92 Å². The van der Waals surface area contributed by atoms with Gasteiger partial charge in [-0.05, 0) is 37.6 Å². The molecule has 0 amide bonds. The van der Waals surface area contributed by atoms with Crippen LogP contribution in [0.25, 0.3) is 0 Å². The molecular formula is C11H15NO3. The number of carbonyl (C=O) groups is 1. The monoisotopic (exact) mass is 209 g/mol. The molecule has 1 rings (SSSR count). The fraction of sp³-hybridized carbons (Fsp3) is 0.364. The maximum Gasteiger partial charge on any atom is 0.344 e. The summed E-state index contributed by atoms with van der Waals surface area (Å²) in [6, 6.07) is 5.26. The van der Waals surface area contributed by atoms with Crippen LogP contribution in [0.1, 0.15) is 12.5 Å². The lowest BCUT2D eigenvalue weighted by atomic mass is 10.2. The van der Waals surface area contributed by atoms with Crippen molar-refractivity contribution in [3.63, 3.8) is 0 Å². The molecule has 0 radical (unpaired) electrons. The highest BCUT2D eigenvalue weighted by Crippen LogP contribution is 2.18. The normalized spacial score (nSPS) is 9.73. The first kappa shape index (κ1) is 11.4. The topological polar surface area (TPSA) is 61.5 Å². The van der Waals surface area contributed by atoms with Crippen molar-refractivity contribution in [2.24, 2.45) is 0 Å². The van der Waals surface area contributed by atoms with Gasteiger partial charge in [-0.2, -0.15) is 0 Å². The predicted molar refractivity (Wildman–Crippen MR) is 57.7 cm³/mol. The smallest absolute Gasteiger partial charge is 0.344 e. The van der Waals surface area contributed by atoms with E-state index in [9.17, 15) is 4.79 Å². The van der Waals surface area contributed by atoms with Crippen LogP contribution in [-0.4, -0.2) is 19.2 Å². The lowest BCUT2D eigenvalue weighted by molar-refractivity contribution is -0.145.